The Labute approximate surface area is 107 Å². The molecular weight excluding hydrogens is 254 g/mol. The molecule has 17 heavy (non-hydrogen) atoms. The van der Waals surface area contributed by atoms with Gasteiger partial charge in [0.05, 0.1) is 16.6 Å². The lowest BCUT2D eigenvalue weighted by Gasteiger charge is -1.95. The number of nitriles is 1. The van der Waals surface area contributed by atoms with E-state index in [-0.39, 0.29) is 12.3 Å². The lowest BCUT2D eigenvalue weighted by molar-refractivity contribution is -0.115. The number of amides is 1. The van der Waals surface area contributed by atoms with Crippen LogP contribution in [-0.4, -0.2) is 10.9 Å². The monoisotopic (exact) mass is 263 g/mol. The van der Waals surface area contributed by atoms with E-state index in [9.17, 15) is 4.79 Å². The maximum atomic E-state index is 11.3. The minimum atomic E-state index is -0.320. The first-order valence-electron chi connectivity index (χ1n) is 4.89. The molecule has 0 saturated carbocycles. The molecule has 0 atom stereocenters. The third-order valence-electron chi connectivity index (χ3n) is 2.04. The van der Waals surface area contributed by atoms with Gasteiger partial charge in [0.15, 0.2) is 5.13 Å². The van der Waals surface area contributed by atoms with Crippen molar-refractivity contribution in [3.63, 3.8) is 0 Å². The second-order valence-electron chi connectivity index (χ2n) is 3.28. The van der Waals surface area contributed by atoms with E-state index in [4.69, 9.17) is 5.26 Å². The van der Waals surface area contributed by atoms with Crippen LogP contribution >= 0.6 is 22.7 Å². The second kappa shape index (κ2) is 5.08. The van der Waals surface area contributed by atoms with Crippen molar-refractivity contribution >= 4 is 33.7 Å². The molecule has 2 aromatic heterocycles. The predicted molar refractivity (Wildman–Crippen MR) is 69.0 cm³/mol. The SMILES string of the molecule is Cc1sc(NC(=O)CC#N)nc1-c1cccs1. The Morgan fingerprint density at radius 2 is 2.47 bits per heavy atom. The number of carbonyl (C=O) groups is 1. The highest BCUT2D eigenvalue weighted by molar-refractivity contribution is 7.17. The molecule has 2 rings (SSSR count). The number of anilines is 1. The van der Waals surface area contributed by atoms with E-state index in [1.54, 1.807) is 17.4 Å². The Bertz CT molecular complexity index is 566. The molecule has 0 aliphatic heterocycles. The first kappa shape index (κ1) is 11.8. The van der Waals surface area contributed by atoms with Gasteiger partial charge >= 0.3 is 0 Å². The van der Waals surface area contributed by atoms with Crippen molar-refractivity contribution in [3.05, 3.63) is 22.4 Å². The van der Waals surface area contributed by atoms with Crippen LogP contribution in [0, 0.1) is 18.3 Å². The standard InChI is InChI=1S/C11H9N3OS2/c1-7-10(8-3-2-6-16-8)14-11(17-7)13-9(15)4-5-12/h2-3,6H,4H2,1H3,(H,13,14,15). The zero-order valence-electron chi connectivity index (χ0n) is 9.06. The quantitative estimate of drug-likeness (QED) is 0.925. The summed E-state index contributed by atoms with van der Waals surface area (Å²) in [5.74, 6) is -0.320. The van der Waals surface area contributed by atoms with Crippen LogP contribution in [0.3, 0.4) is 0 Å². The molecule has 0 aromatic carbocycles. The third kappa shape index (κ3) is 2.70. The molecule has 4 nitrogen and oxygen atoms in total. The summed E-state index contributed by atoms with van der Waals surface area (Å²) in [5.41, 5.74) is 0.900. The van der Waals surface area contributed by atoms with Crippen molar-refractivity contribution in [3.8, 4) is 16.6 Å². The van der Waals surface area contributed by atoms with Crippen molar-refractivity contribution in [1.29, 1.82) is 5.26 Å². The normalized spacial score (nSPS) is 9.88. The van der Waals surface area contributed by atoms with Crippen LogP contribution in [-0.2, 0) is 4.79 Å². The van der Waals surface area contributed by atoms with Crippen molar-refractivity contribution < 1.29 is 4.79 Å². The zero-order valence-corrected chi connectivity index (χ0v) is 10.7. The molecular formula is C11H9N3OS2. The Morgan fingerprint density at radius 1 is 1.65 bits per heavy atom. The van der Waals surface area contributed by atoms with Gasteiger partial charge in [-0.25, -0.2) is 4.98 Å². The summed E-state index contributed by atoms with van der Waals surface area (Å²) in [6.45, 7) is 1.96. The van der Waals surface area contributed by atoms with Crippen molar-refractivity contribution in [1.82, 2.24) is 4.98 Å². The molecule has 1 N–H and O–H groups in total. The molecule has 1 amide bonds. The third-order valence-corrected chi connectivity index (χ3v) is 3.80. The molecule has 0 aliphatic rings. The minimum absolute atomic E-state index is 0.146. The lowest BCUT2D eigenvalue weighted by Crippen LogP contribution is -2.09. The fourth-order valence-corrected chi connectivity index (χ4v) is 3.01. The smallest absolute Gasteiger partial charge is 0.240 e. The molecule has 0 fully saturated rings. The van der Waals surface area contributed by atoms with Crippen LogP contribution in [0.2, 0.25) is 0 Å². The van der Waals surface area contributed by atoms with Gasteiger partial charge in [-0.05, 0) is 18.4 Å². The Hall–Kier alpha value is -1.71. The number of hydrogen-bond acceptors (Lipinski definition) is 5. The largest absolute Gasteiger partial charge is 0.301 e. The molecule has 86 valence electrons. The predicted octanol–water partition coefficient (Wildman–Crippen LogP) is 3.03. The molecule has 0 aliphatic carbocycles. The lowest BCUT2D eigenvalue weighted by atomic mass is 10.3. The molecule has 0 bridgehead atoms. The minimum Gasteiger partial charge on any atom is -0.301 e. The Balaban J connectivity index is 2.20. The van der Waals surface area contributed by atoms with E-state index in [1.807, 2.05) is 24.4 Å². The van der Waals surface area contributed by atoms with Gasteiger partial charge in [0.25, 0.3) is 0 Å². The molecule has 6 heteroatoms. The van der Waals surface area contributed by atoms with Gasteiger partial charge in [0.1, 0.15) is 6.42 Å². The van der Waals surface area contributed by atoms with E-state index in [0.717, 1.165) is 15.4 Å². The van der Waals surface area contributed by atoms with Crippen LogP contribution in [0.5, 0.6) is 0 Å². The number of thiophene rings is 1. The summed E-state index contributed by atoms with van der Waals surface area (Å²) in [6.07, 6.45) is -0.146. The van der Waals surface area contributed by atoms with Gasteiger partial charge in [0, 0.05) is 4.88 Å². The first-order chi connectivity index (χ1) is 8.20. The topological polar surface area (TPSA) is 65.8 Å². The van der Waals surface area contributed by atoms with Crippen molar-refractivity contribution in [2.75, 3.05) is 5.32 Å². The molecule has 0 unspecified atom stereocenters. The first-order valence-corrected chi connectivity index (χ1v) is 6.58. The Kier molecular flexibility index (Phi) is 3.52. The van der Waals surface area contributed by atoms with E-state index in [0.29, 0.717) is 5.13 Å². The number of aryl methyl sites for hydroxylation is 1. The van der Waals surface area contributed by atoms with E-state index >= 15 is 0 Å². The van der Waals surface area contributed by atoms with Gasteiger partial charge < -0.3 is 5.32 Å². The summed E-state index contributed by atoms with van der Waals surface area (Å²) in [5, 5.41) is 13.6. The highest BCUT2D eigenvalue weighted by atomic mass is 32.1. The molecule has 0 radical (unpaired) electrons. The van der Waals surface area contributed by atoms with E-state index in [1.165, 1.54) is 11.3 Å². The average Bonchev–Trinajstić information content (AvgIpc) is 2.87. The van der Waals surface area contributed by atoms with E-state index < -0.39 is 0 Å². The number of aromatic nitrogens is 1. The molecule has 2 heterocycles. The molecule has 2 aromatic rings. The summed E-state index contributed by atoms with van der Waals surface area (Å²) >= 11 is 3.03. The summed E-state index contributed by atoms with van der Waals surface area (Å²) in [6, 6.07) is 5.76. The van der Waals surface area contributed by atoms with Crippen LogP contribution in [0.1, 0.15) is 11.3 Å². The van der Waals surface area contributed by atoms with Crippen LogP contribution in [0.15, 0.2) is 17.5 Å². The highest BCUT2D eigenvalue weighted by Gasteiger charge is 2.12. The summed E-state index contributed by atoms with van der Waals surface area (Å²) in [7, 11) is 0. The maximum Gasteiger partial charge on any atom is 0.240 e. The Morgan fingerprint density at radius 3 is 3.12 bits per heavy atom. The number of thiazole rings is 1. The van der Waals surface area contributed by atoms with Gasteiger partial charge in [-0.3, -0.25) is 4.79 Å². The highest BCUT2D eigenvalue weighted by Crippen LogP contribution is 2.32. The van der Waals surface area contributed by atoms with Crippen LogP contribution in [0.4, 0.5) is 5.13 Å². The number of nitrogens with one attached hydrogen (secondary N) is 1. The summed E-state index contributed by atoms with van der Waals surface area (Å²) in [4.78, 5) is 17.8. The van der Waals surface area contributed by atoms with Gasteiger partial charge in [-0.2, -0.15) is 5.26 Å². The summed E-state index contributed by atoms with van der Waals surface area (Å²) < 4.78 is 0. The fraction of sp³-hybridized carbons (Fsp3) is 0.182. The van der Waals surface area contributed by atoms with E-state index in [2.05, 4.69) is 10.3 Å². The van der Waals surface area contributed by atoms with Gasteiger partial charge in [-0.15, -0.1) is 22.7 Å². The van der Waals surface area contributed by atoms with Crippen molar-refractivity contribution in [2.45, 2.75) is 13.3 Å². The van der Waals surface area contributed by atoms with Crippen molar-refractivity contribution in [2.24, 2.45) is 0 Å². The molecule has 0 spiro atoms. The fourth-order valence-electron chi connectivity index (χ4n) is 1.33. The van der Waals surface area contributed by atoms with Crippen LogP contribution < -0.4 is 5.32 Å². The number of rotatable bonds is 3. The number of nitrogens with zero attached hydrogens (tertiary/aromatic N) is 2. The second-order valence-corrected chi connectivity index (χ2v) is 5.44. The zero-order chi connectivity index (χ0) is 12.3. The number of hydrogen-bond donors (Lipinski definition) is 1. The molecule has 0 saturated heterocycles. The van der Waals surface area contributed by atoms with Gasteiger partial charge in [-0.1, -0.05) is 6.07 Å². The number of carbonyl (C=O) groups excluding carboxylic acids is 1. The average molecular weight is 263 g/mol. The van der Waals surface area contributed by atoms with Gasteiger partial charge in [0.2, 0.25) is 5.91 Å². The van der Waals surface area contributed by atoms with Crippen LogP contribution in [0.25, 0.3) is 10.6 Å². The maximum absolute atomic E-state index is 11.3.